The maximum absolute atomic E-state index is 13.0. The molecule has 156 valence electrons. The number of carbonyl (C=O) groups excluding carboxylic acids is 1. The van der Waals surface area contributed by atoms with Crippen LogP contribution in [-0.4, -0.2) is 14.3 Å². The second-order valence-electron chi connectivity index (χ2n) is 6.55. The molecule has 9 heteroatoms. The second-order valence-corrected chi connectivity index (χ2v) is 9.01. The number of hydrogen-bond acceptors (Lipinski definition) is 3. The first-order chi connectivity index (χ1) is 14.2. The van der Waals surface area contributed by atoms with Crippen molar-refractivity contribution < 1.29 is 17.6 Å². The van der Waals surface area contributed by atoms with Gasteiger partial charge in [-0.1, -0.05) is 47.5 Å². The zero-order chi connectivity index (χ0) is 21.9. The smallest absolute Gasteiger partial charge is 0.263 e. The number of nitrogens with one attached hydrogen (secondary N) is 2. The van der Waals surface area contributed by atoms with Gasteiger partial charge in [-0.05, 0) is 54.4 Å². The van der Waals surface area contributed by atoms with E-state index in [4.69, 9.17) is 23.2 Å². The normalized spacial score (nSPS) is 11.2. The minimum atomic E-state index is -4.07. The topological polar surface area (TPSA) is 75.3 Å². The molecule has 1 amide bonds. The molecule has 3 aromatic rings. The van der Waals surface area contributed by atoms with E-state index in [0.717, 1.165) is 11.6 Å². The molecular weight excluding hydrogens is 450 g/mol. The van der Waals surface area contributed by atoms with Crippen molar-refractivity contribution in [2.45, 2.75) is 18.4 Å². The number of sulfonamides is 1. The third-order valence-electron chi connectivity index (χ3n) is 4.19. The zero-order valence-electron chi connectivity index (χ0n) is 15.7. The predicted octanol–water partition coefficient (Wildman–Crippen LogP) is 5.17. The highest BCUT2D eigenvalue weighted by atomic mass is 35.5. The van der Waals surface area contributed by atoms with E-state index in [9.17, 15) is 17.6 Å². The van der Waals surface area contributed by atoms with E-state index in [-0.39, 0.29) is 32.9 Å². The second kappa shape index (κ2) is 9.04. The summed E-state index contributed by atoms with van der Waals surface area (Å²) in [4.78, 5) is 12.3. The van der Waals surface area contributed by atoms with Crippen LogP contribution in [-0.2, 0) is 16.6 Å². The predicted molar refractivity (Wildman–Crippen MR) is 116 cm³/mol. The molecule has 0 unspecified atom stereocenters. The summed E-state index contributed by atoms with van der Waals surface area (Å²) in [6, 6.07) is 14.8. The lowest BCUT2D eigenvalue weighted by atomic mass is 10.2. The van der Waals surface area contributed by atoms with Crippen LogP contribution in [0.5, 0.6) is 0 Å². The van der Waals surface area contributed by atoms with Crippen LogP contribution in [0.3, 0.4) is 0 Å². The van der Waals surface area contributed by atoms with Gasteiger partial charge in [0.25, 0.3) is 15.9 Å². The highest BCUT2D eigenvalue weighted by molar-refractivity contribution is 7.92. The molecule has 0 radical (unpaired) electrons. The first kappa shape index (κ1) is 22.1. The van der Waals surface area contributed by atoms with Gasteiger partial charge in [0.05, 0.1) is 15.6 Å². The number of aryl methyl sites for hydroxylation is 1. The summed E-state index contributed by atoms with van der Waals surface area (Å²) in [6.45, 7) is 1.94. The average Bonchev–Trinajstić information content (AvgIpc) is 2.66. The third kappa shape index (κ3) is 5.30. The van der Waals surface area contributed by atoms with Crippen LogP contribution in [0.25, 0.3) is 0 Å². The Hall–Kier alpha value is -2.61. The van der Waals surface area contributed by atoms with E-state index < -0.39 is 15.9 Å². The van der Waals surface area contributed by atoms with Crippen molar-refractivity contribution in [3.05, 3.63) is 93.2 Å². The molecule has 0 aliphatic carbocycles. The van der Waals surface area contributed by atoms with Gasteiger partial charge in [0.15, 0.2) is 0 Å². The van der Waals surface area contributed by atoms with Crippen molar-refractivity contribution in [2.75, 3.05) is 4.72 Å². The van der Waals surface area contributed by atoms with Crippen LogP contribution in [0.2, 0.25) is 10.0 Å². The Morgan fingerprint density at radius 3 is 2.37 bits per heavy atom. The minimum Gasteiger partial charge on any atom is -0.348 e. The van der Waals surface area contributed by atoms with E-state index in [1.54, 1.807) is 18.2 Å². The number of benzene rings is 3. The summed E-state index contributed by atoms with van der Waals surface area (Å²) in [5.74, 6) is -0.977. The molecule has 0 spiro atoms. The van der Waals surface area contributed by atoms with Gasteiger partial charge < -0.3 is 5.32 Å². The summed E-state index contributed by atoms with van der Waals surface area (Å²) in [7, 11) is -4.07. The van der Waals surface area contributed by atoms with Crippen molar-refractivity contribution in [3.63, 3.8) is 0 Å². The number of hydrogen-bond donors (Lipinski definition) is 2. The Morgan fingerprint density at radius 2 is 1.70 bits per heavy atom. The van der Waals surface area contributed by atoms with Gasteiger partial charge in [-0.25, -0.2) is 12.8 Å². The van der Waals surface area contributed by atoms with E-state index in [2.05, 4.69) is 10.0 Å². The van der Waals surface area contributed by atoms with Crippen LogP contribution in [0.4, 0.5) is 10.1 Å². The Balaban J connectivity index is 1.85. The van der Waals surface area contributed by atoms with E-state index >= 15 is 0 Å². The van der Waals surface area contributed by atoms with Gasteiger partial charge in [0.2, 0.25) is 0 Å². The van der Waals surface area contributed by atoms with Crippen LogP contribution in [0.1, 0.15) is 21.5 Å². The Bertz CT molecular complexity index is 1200. The molecule has 30 heavy (non-hydrogen) atoms. The molecule has 3 rings (SSSR count). The monoisotopic (exact) mass is 466 g/mol. The van der Waals surface area contributed by atoms with E-state index in [0.29, 0.717) is 11.3 Å². The van der Waals surface area contributed by atoms with Crippen molar-refractivity contribution in [1.29, 1.82) is 0 Å². The van der Waals surface area contributed by atoms with Gasteiger partial charge in [-0.3, -0.25) is 9.52 Å². The first-order valence-electron chi connectivity index (χ1n) is 8.77. The number of amides is 1. The number of anilines is 1. The molecule has 0 heterocycles. The number of carbonyl (C=O) groups is 1. The van der Waals surface area contributed by atoms with Crippen molar-refractivity contribution in [2.24, 2.45) is 0 Å². The summed E-state index contributed by atoms with van der Waals surface area (Å²) in [5.41, 5.74) is 1.86. The third-order valence-corrected chi connectivity index (χ3v) is 6.35. The van der Waals surface area contributed by atoms with Gasteiger partial charge >= 0.3 is 0 Å². The highest BCUT2D eigenvalue weighted by Crippen LogP contribution is 2.30. The molecule has 0 saturated carbocycles. The maximum Gasteiger partial charge on any atom is 0.263 e. The molecule has 2 N–H and O–H groups in total. The van der Waals surface area contributed by atoms with Crippen LogP contribution < -0.4 is 10.0 Å². The SMILES string of the molecule is Cc1cccc(NS(=O)(=O)c2cc(C(=O)NCc3ccc(F)cc3)c(Cl)cc2Cl)c1. The maximum atomic E-state index is 13.0. The van der Waals surface area contributed by atoms with Gasteiger partial charge in [-0.2, -0.15) is 0 Å². The lowest BCUT2D eigenvalue weighted by Crippen LogP contribution is -2.24. The molecule has 5 nitrogen and oxygen atoms in total. The lowest BCUT2D eigenvalue weighted by molar-refractivity contribution is 0.0951. The number of halogens is 3. The minimum absolute atomic E-state index is 0.00566. The van der Waals surface area contributed by atoms with Crippen molar-refractivity contribution in [1.82, 2.24) is 5.32 Å². The standard InChI is InChI=1S/C21H17Cl2FN2O3S/c1-13-3-2-4-16(9-13)26-30(28,29)20-10-17(18(22)11-19(20)23)21(27)25-12-14-5-7-15(24)8-6-14/h2-11,26H,12H2,1H3,(H,25,27). The number of rotatable bonds is 6. The zero-order valence-corrected chi connectivity index (χ0v) is 18.1. The van der Waals surface area contributed by atoms with E-state index in [1.165, 1.54) is 30.3 Å². The Kier molecular flexibility index (Phi) is 6.65. The van der Waals surface area contributed by atoms with Gasteiger partial charge in [0, 0.05) is 12.2 Å². The lowest BCUT2D eigenvalue weighted by Gasteiger charge is -2.13. The van der Waals surface area contributed by atoms with Crippen LogP contribution in [0, 0.1) is 12.7 Å². The summed E-state index contributed by atoms with van der Waals surface area (Å²) in [5, 5.41) is 2.52. The largest absolute Gasteiger partial charge is 0.348 e. The Morgan fingerprint density at radius 1 is 1.00 bits per heavy atom. The Labute approximate surface area is 183 Å². The molecule has 0 saturated heterocycles. The molecular formula is C21H17Cl2FN2O3S. The van der Waals surface area contributed by atoms with Gasteiger partial charge in [0.1, 0.15) is 10.7 Å². The molecule has 0 aliphatic heterocycles. The summed E-state index contributed by atoms with van der Waals surface area (Å²) < 4.78 is 41.1. The molecule has 3 aromatic carbocycles. The molecule has 0 atom stereocenters. The molecule has 0 fully saturated rings. The fourth-order valence-electron chi connectivity index (χ4n) is 2.71. The van der Waals surface area contributed by atoms with Crippen LogP contribution in [0.15, 0.2) is 65.6 Å². The van der Waals surface area contributed by atoms with Crippen molar-refractivity contribution >= 4 is 44.8 Å². The average molecular weight is 467 g/mol. The van der Waals surface area contributed by atoms with Crippen LogP contribution >= 0.6 is 23.2 Å². The molecule has 0 aliphatic rings. The summed E-state index contributed by atoms with van der Waals surface area (Å²) >= 11 is 12.2. The van der Waals surface area contributed by atoms with Gasteiger partial charge in [-0.15, -0.1) is 0 Å². The first-order valence-corrected chi connectivity index (χ1v) is 11.0. The highest BCUT2D eigenvalue weighted by Gasteiger charge is 2.23. The fraction of sp³-hybridized carbons (Fsp3) is 0.0952. The fourth-order valence-corrected chi connectivity index (χ4v) is 4.62. The molecule has 0 bridgehead atoms. The molecule has 0 aromatic heterocycles. The van der Waals surface area contributed by atoms with E-state index in [1.807, 2.05) is 13.0 Å². The summed E-state index contributed by atoms with van der Waals surface area (Å²) in [6.07, 6.45) is 0. The quantitative estimate of drug-likeness (QED) is 0.525. The van der Waals surface area contributed by atoms with Crippen molar-refractivity contribution in [3.8, 4) is 0 Å².